The molecule has 1 aromatic heterocycles. The number of hydrogen-bond acceptors (Lipinski definition) is 2. The lowest BCUT2D eigenvalue weighted by atomic mass is 10.0. The van der Waals surface area contributed by atoms with Crippen molar-refractivity contribution in [3.8, 4) is 0 Å². The van der Waals surface area contributed by atoms with E-state index in [0.29, 0.717) is 5.56 Å². The molecule has 0 radical (unpaired) electrons. The summed E-state index contributed by atoms with van der Waals surface area (Å²) in [5.74, 6) is -0.461. The lowest BCUT2D eigenvalue weighted by Gasteiger charge is -2.12. The quantitative estimate of drug-likeness (QED) is 0.874. The molecule has 16 heavy (non-hydrogen) atoms. The van der Waals surface area contributed by atoms with E-state index in [2.05, 4.69) is 5.10 Å². The number of nitrogens with two attached hydrogens (primary N) is 1. The third-order valence-electron chi connectivity index (χ3n) is 2.48. The smallest absolute Gasteiger partial charge is 0.142 e. The van der Waals surface area contributed by atoms with Gasteiger partial charge in [-0.25, -0.2) is 4.39 Å². The Kier molecular flexibility index (Phi) is 2.94. The zero-order chi connectivity index (χ0) is 11.7. The lowest BCUT2D eigenvalue weighted by molar-refractivity contribution is 0.619. The summed E-state index contributed by atoms with van der Waals surface area (Å²) in [6.45, 7) is 0. The van der Waals surface area contributed by atoms with E-state index in [0.717, 1.165) is 5.69 Å². The van der Waals surface area contributed by atoms with Crippen LogP contribution in [0.4, 0.5) is 4.39 Å². The van der Waals surface area contributed by atoms with Crippen LogP contribution in [0.25, 0.3) is 0 Å². The summed E-state index contributed by atoms with van der Waals surface area (Å²) in [4.78, 5) is 0. The molecule has 0 saturated heterocycles. The Hall–Kier alpha value is -1.39. The topological polar surface area (TPSA) is 43.8 Å². The highest BCUT2D eigenvalue weighted by molar-refractivity contribution is 6.30. The average molecular weight is 240 g/mol. The summed E-state index contributed by atoms with van der Waals surface area (Å²) in [6, 6.07) is 5.96. The van der Waals surface area contributed by atoms with E-state index < -0.39 is 11.9 Å². The minimum absolute atomic E-state index is 0.0981. The van der Waals surface area contributed by atoms with Crippen molar-refractivity contribution >= 4 is 11.6 Å². The third kappa shape index (κ3) is 1.94. The number of halogens is 2. The second kappa shape index (κ2) is 4.23. The fourth-order valence-corrected chi connectivity index (χ4v) is 1.68. The fourth-order valence-electron chi connectivity index (χ4n) is 1.57. The first-order valence-electron chi connectivity index (χ1n) is 4.78. The van der Waals surface area contributed by atoms with Crippen LogP contribution in [-0.2, 0) is 7.05 Å². The Balaban J connectivity index is 2.38. The van der Waals surface area contributed by atoms with Gasteiger partial charge in [0.1, 0.15) is 5.82 Å². The van der Waals surface area contributed by atoms with Gasteiger partial charge in [0.25, 0.3) is 0 Å². The van der Waals surface area contributed by atoms with E-state index in [4.69, 9.17) is 17.3 Å². The van der Waals surface area contributed by atoms with Gasteiger partial charge in [-0.05, 0) is 23.8 Å². The van der Waals surface area contributed by atoms with Crippen molar-refractivity contribution in [3.63, 3.8) is 0 Å². The van der Waals surface area contributed by atoms with Crippen molar-refractivity contribution in [1.29, 1.82) is 0 Å². The van der Waals surface area contributed by atoms with Gasteiger partial charge >= 0.3 is 0 Å². The van der Waals surface area contributed by atoms with Crippen LogP contribution in [0.1, 0.15) is 17.3 Å². The molecule has 0 unspecified atom stereocenters. The van der Waals surface area contributed by atoms with E-state index >= 15 is 0 Å². The Morgan fingerprint density at radius 2 is 2.19 bits per heavy atom. The molecule has 0 aliphatic rings. The van der Waals surface area contributed by atoms with Gasteiger partial charge in [0.2, 0.25) is 0 Å². The zero-order valence-electron chi connectivity index (χ0n) is 8.69. The number of benzene rings is 1. The van der Waals surface area contributed by atoms with Crippen LogP contribution in [0.3, 0.4) is 0 Å². The maximum Gasteiger partial charge on any atom is 0.142 e. The van der Waals surface area contributed by atoms with E-state index in [1.807, 2.05) is 0 Å². The summed E-state index contributed by atoms with van der Waals surface area (Å²) < 4.78 is 14.9. The molecule has 0 bridgehead atoms. The lowest BCUT2D eigenvalue weighted by Crippen LogP contribution is -2.16. The number of aromatic nitrogens is 2. The summed E-state index contributed by atoms with van der Waals surface area (Å²) >= 11 is 5.61. The standard InChI is InChI=1S/C11H11ClFN3/c1-16-10(4-5-15-16)11(14)7-2-3-8(12)9(13)6-7/h2-6,11H,14H2,1H3/t11-/m1/s1. The van der Waals surface area contributed by atoms with Gasteiger partial charge in [0, 0.05) is 13.2 Å². The molecule has 0 spiro atoms. The molecule has 0 aliphatic heterocycles. The maximum atomic E-state index is 13.3. The van der Waals surface area contributed by atoms with E-state index in [1.165, 1.54) is 12.1 Å². The van der Waals surface area contributed by atoms with Crippen LogP contribution in [0, 0.1) is 5.82 Å². The molecule has 0 amide bonds. The minimum Gasteiger partial charge on any atom is -0.319 e. The molecular formula is C11H11ClFN3. The normalized spacial score (nSPS) is 12.8. The van der Waals surface area contributed by atoms with Gasteiger partial charge in [-0.15, -0.1) is 0 Å². The van der Waals surface area contributed by atoms with E-state index in [9.17, 15) is 4.39 Å². The summed E-state index contributed by atoms with van der Waals surface area (Å²) in [7, 11) is 1.79. The molecule has 0 fully saturated rings. The molecule has 0 aliphatic carbocycles. The van der Waals surface area contributed by atoms with Gasteiger partial charge in [0.15, 0.2) is 0 Å². The third-order valence-corrected chi connectivity index (χ3v) is 2.79. The number of hydrogen-bond donors (Lipinski definition) is 1. The molecular weight excluding hydrogens is 229 g/mol. The van der Waals surface area contributed by atoms with Gasteiger partial charge in [0.05, 0.1) is 16.8 Å². The first kappa shape index (κ1) is 11.1. The Morgan fingerprint density at radius 3 is 2.75 bits per heavy atom. The second-order valence-corrected chi connectivity index (χ2v) is 3.94. The van der Waals surface area contributed by atoms with Crippen molar-refractivity contribution in [2.24, 2.45) is 12.8 Å². The average Bonchev–Trinajstić information content (AvgIpc) is 2.67. The van der Waals surface area contributed by atoms with Crippen LogP contribution in [0.2, 0.25) is 5.02 Å². The summed E-state index contributed by atoms with van der Waals surface area (Å²) in [5.41, 5.74) is 7.50. The largest absolute Gasteiger partial charge is 0.319 e. The molecule has 2 N–H and O–H groups in total. The van der Waals surface area contributed by atoms with E-state index in [-0.39, 0.29) is 5.02 Å². The molecule has 3 nitrogen and oxygen atoms in total. The molecule has 1 atom stereocenters. The predicted molar refractivity (Wildman–Crippen MR) is 60.6 cm³/mol. The van der Waals surface area contributed by atoms with E-state index in [1.54, 1.807) is 30.1 Å². The van der Waals surface area contributed by atoms with Gasteiger partial charge < -0.3 is 5.73 Å². The SMILES string of the molecule is Cn1nccc1[C@H](N)c1ccc(Cl)c(F)c1. The Morgan fingerprint density at radius 1 is 1.44 bits per heavy atom. The van der Waals surface area contributed by atoms with Crippen LogP contribution in [-0.4, -0.2) is 9.78 Å². The van der Waals surface area contributed by atoms with Crippen molar-refractivity contribution in [1.82, 2.24) is 9.78 Å². The predicted octanol–water partition coefficient (Wildman–Crippen LogP) is 2.26. The zero-order valence-corrected chi connectivity index (χ0v) is 9.45. The van der Waals surface area contributed by atoms with Crippen molar-refractivity contribution in [2.75, 3.05) is 0 Å². The van der Waals surface area contributed by atoms with Crippen LogP contribution in [0.15, 0.2) is 30.5 Å². The molecule has 2 aromatic rings. The summed E-state index contributed by atoms with van der Waals surface area (Å²) in [6.07, 6.45) is 1.65. The van der Waals surface area contributed by atoms with Crippen molar-refractivity contribution in [2.45, 2.75) is 6.04 Å². The highest BCUT2D eigenvalue weighted by atomic mass is 35.5. The summed E-state index contributed by atoms with van der Waals surface area (Å²) in [5, 5.41) is 4.12. The highest BCUT2D eigenvalue weighted by Crippen LogP contribution is 2.23. The number of nitrogens with zero attached hydrogens (tertiary/aromatic N) is 2. The minimum atomic E-state index is -0.461. The molecule has 0 saturated carbocycles. The second-order valence-electron chi connectivity index (χ2n) is 3.53. The van der Waals surface area contributed by atoms with Crippen molar-refractivity contribution < 1.29 is 4.39 Å². The molecule has 84 valence electrons. The molecule has 1 heterocycles. The molecule has 1 aromatic carbocycles. The first-order chi connectivity index (χ1) is 7.59. The number of rotatable bonds is 2. The Labute approximate surface area is 97.6 Å². The molecule has 2 rings (SSSR count). The maximum absolute atomic E-state index is 13.3. The van der Waals surface area contributed by atoms with Crippen molar-refractivity contribution in [3.05, 3.63) is 52.6 Å². The van der Waals surface area contributed by atoms with Crippen LogP contribution >= 0.6 is 11.6 Å². The Bertz CT molecular complexity index is 510. The van der Waals surface area contributed by atoms with Gasteiger partial charge in [-0.2, -0.15) is 5.10 Å². The monoisotopic (exact) mass is 239 g/mol. The first-order valence-corrected chi connectivity index (χ1v) is 5.16. The van der Waals surface area contributed by atoms with Crippen LogP contribution < -0.4 is 5.73 Å². The van der Waals surface area contributed by atoms with Crippen LogP contribution in [0.5, 0.6) is 0 Å². The van der Waals surface area contributed by atoms with Gasteiger partial charge in [-0.1, -0.05) is 17.7 Å². The number of aryl methyl sites for hydroxylation is 1. The van der Waals surface area contributed by atoms with Gasteiger partial charge in [-0.3, -0.25) is 4.68 Å². The molecule has 5 heteroatoms. The fraction of sp³-hybridized carbons (Fsp3) is 0.182. The highest BCUT2D eigenvalue weighted by Gasteiger charge is 2.13.